The number of rotatable bonds is 3. The highest BCUT2D eigenvalue weighted by atomic mass is 35.5. The van der Waals surface area contributed by atoms with Gasteiger partial charge < -0.3 is 9.80 Å². The summed E-state index contributed by atoms with van der Waals surface area (Å²) >= 11 is 5.78. The number of carbonyl (C=O) groups excluding carboxylic acids is 1. The first-order valence-electron chi connectivity index (χ1n) is 9.95. The van der Waals surface area contributed by atoms with Crippen molar-refractivity contribution < 1.29 is 35.5 Å². The minimum atomic E-state index is -5.12. The molecule has 1 aliphatic heterocycles. The number of benzene rings is 1. The Morgan fingerprint density at radius 3 is 2.45 bits per heavy atom. The minimum absolute atomic E-state index is 0.0534. The molecule has 2 fully saturated rings. The van der Waals surface area contributed by atoms with Crippen molar-refractivity contribution in [3.8, 4) is 0 Å². The summed E-state index contributed by atoms with van der Waals surface area (Å²) in [6.07, 6.45) is -8.70. The number of fused-ring (bicyclic) bond motifs is 2. The lowest BCUT2D eigenvalue weighted by molar-refractivity contribution is -0.145. The predicted octanol–water partition coefficient (Wildman–Crippen LogP) is 5.93. The Kier molecular flexibility index (Phi) is 5.74. The van der Waals surface area contributed by atoms with Gasteiger partial charge in [0.15, 0.2) is 5.82 Å². The van der Waals surface area contributed by atoms with Gasteiger partial charge in [-0.3, -0.25) is 4.79 Å². The second-order valence-corrected chi connectivity index (χ2v) is 8.55. The summed E-state index contributed by atoms with van der Waals surface area (Å²) in [6.45, 7) is 0. The molecular formula is C21H17ClF7N3O. The molecule has 1 aromatic heterocycles. The van der Waals surface area contributed by atoms with Gasteiger partial charge in [0.25, 0.3) is 0 Å². The van der Waals surface area contributed by atoms with Crippen LogP contribution in [0.5, 0.6) is 0 Å². The highest BCUT2D eigenvalue weighted by molar-refractivity contribution is 6.31. The van der Waals surface area contributed by atoms with Crippen LogP contribution >= 0.6 is 11.6 Å². The van der Waals surface area contributed by atoms with E-state index in [0.29, 0.717) is 25.3 Å². The molecule has 4 rings (SSSR count). The average Bonchev–Trinajstić information content (AvgIpc) is 3.35. The van der Waals surface area contributed by atoms with Gasteiger partial charge in [-0.15, -0.1) is 0 Å². The zero-order valence-electron chi connectivity index (χ0n) is 17.0. The van der Waals surface area contributed by atoms with Crippen molar-refractivity contribution >= 4 is 29.0 Å². The fourth-order valence-corrected chi connectivity index (χ4v) is 4.83. The molecule has 12 heteroatoms. The van der Waals surface area contributed by atoms with Crippen LogP contribution < -0.4 is 9.80 Å². The Hall–Kier alpha value is -2.56. The molecule has 2 bridgehead atoms. The van der Waals surface area contributed by atoms with Crippen molar-refractivity contribution in [3.63, 3.8) is 0 Å². The van der Waals surface area contributed by atoms with Crippen LogP contribution in [0, 0.1) is 11.7 Å². The van der Waals surface area contributed by atoms with Gasteiger partial charge in [0.2, 0.25) is 5.91 Å². The maximum atomic E-state index is 14.5. The van der Waals surface area contributed by atoms with Gasteiger partial charge in [-0.2, -0.15) is 26.3 Å². The third-order valence-electron chi connectivity index (χ3n) is 6.16. The Morgan fingerprint density at radius 2 is 1.82 bits per heavy atom. The number of likely N-dealkylation sites (N-methyl/N-ethyl adjacent to an activating group) is 1. The normalized spacial score (nSPS) is 22.7. The first kappa shape index (κ1) is 23.6. The van der Waals surface area contributed by atoms with Crippen LogP contribution in [0.3, 0.4) is 0 Å². The molecule has 178 valence electrons. The molecule has 1 amide bonds. The number of alkyl halides is 6. The average molecular weight is 496 g/mol. The molecular weight excluding hydrogens is 479 g/mol. The monoisotopic (exact) mass is 495 g/mol. The summed E-state index contributed by atoms with van der Waals surface area (Å²) in [5.74, 6) is -2.43. The second-order valence-electron chi connectivity index (χ2n) is 8.14. The van der Waals surface area contributed by atoms with Crippen LogP contribution in [0.2, 0.25) is 5.02 Å². The number of anilines is 2. The first-order valence-corrected chi connectivity index (χ1v) is 10.3. The molecule has 0 N–H and O–H groups in total. The molecule has 0 radical (unpaired) electrons. The fraction of sp³-hybridized carbons (Fsp3) is 0.429. The molecule has 1 saturated heterocycles. The number of nitrogens with zero attached hydrogens (tertiary/aromatic N) is 3. The Morgan fingerprint density at radius 1 is 1.12 bits per heavy atom. The fourth-order valence-electron chi connectivity index (χ4n) is 4.66. The number of aromatic nitrogens is 1. The van der Waals surface area contributed by atoms with E-state index in [1.54, 1.807) is 0 Å². The number of pyridine rings is 1. The maximum absolute atomic E-state index is 14.5. The molecule has 0 spiro atoms. The molecule has 2 aliphatic rings. The van der Waals surface area contributed by atoms with E-state index in [2.05, 4.69) is 4.98 Å². The van der Waals surface area contributed by atoms with Gasteiger partial charge in [-0.1, -0.05) is 17.7 Å². The van der Waals surface area contributed by atoms with Crippen molar-refractivity contribution in [3.05, 3.63) is 52.4 Å². The van der Waals surface area contributed by atoms with Gasteiger partial charge in [-0.25, -0.2) is 9.37 Å². The van der Waals surface area contributed by atoms with Crippen LogP contribution in [0.4, 0.5) is 42.2 Å². The van der Waals surface area contributed by atoms with Crippen molar-refractivity contribution in [2.75, 3.05) is 16.8 Å². The van der Waals surface area contributed by atoms with Gasteiger partial charge in [0.05, 0.1) is 16.3 Å². The zero-order chi connectivity index (χ0) is 24.3. The van der Waals surface area contributed by atoms with Gasteiger partial charge in [0.1, 0.15) is 17.6 Å². The van der Waals surface area contributed by atoms with Crippen molar-refractivity contribution in [1.82, 2.24) is 4.98 Å². The standard InChI is InChI=1S/C21H17ClF7N3O/c1-31(14-4-2-3-13(22)17(14)23)19(33)18-10-5-6-12(7-10)32(18)16-9-11(20(24,25)26)8-15(30-16)21(27,28)29/h2-4,8-10,12,18H,5-7H2,1H3/t10-,12+,18-/m0/s1. The summed E-state index contributed by atoms with van der Waals surface area (Å²) in [5, 5.41) is -0.230. The number of piperidine rings is 1. The predicted molar refractivity (Wildman–Crippen MR) is 106 cm³/mol. The summed E-state index contributed by atoms with van der Waals surface area (Å²) < 4.78 is 94.5. The summed E-state index contributed by atoms with van der Waals surface area (Å²) in [6, 6.07) is 2.93. The number of carbonyl (C=O) groups is 1. The number of hydrogen-bond acceptors (Lipinski definition) is 3. The van der Waals surface area contributed by atoms with E-state index in [-0.39, 0.29) is 22.7 Å². The molecule has 4 nitrogen and oxygen atoms in total. The number of halogens is 8. The molecule has 1 saturated carbocycles. The molecule has 1 aliphatic carbocycles. The Labute approximate surface area is 188 Å². The molecule has 3 atom stereocenters. The molecule has 33 heavy (non-hydrogen) atoms. The highest BCUT2D eigenvalue weighted by Crippen LogP contribution is 2.47. The molecule has 0 unspecified atom stereocenters. The van der Waals surface area contributed by atoms with E-state index in [0.717, 1.165) is 4.90 Å². The van der Waals surface area contributed by atoms with Gasteiger partial charge in [-0.05, 0) is 49.4 Å². The minimum Gasteiger partial charge on any atom is -0.341 e. The quantitative estimate of drug-likeness (QED) is 0.495. The number of amides is 1. The molecule has 1 aromatic carbocycles. The van der Waals surface area contributed by atoms with Gasteiger partial charge in [0, 0.05) is 13.1 Å². The lowest BCUT2D eigenvalue weighted by atomic mass is 9.97. The van der Waals surface area contributed by atoms with E-state index in [9.17, 15) is 35.5 Å². The lowest BCUT2D eigenvalue weighted by Crippen LogP contribution is -2.51. The van der Waals surface area contributed by atoms with E-state index in [1.165, 1.54) is 30.1 Å². The van der Waals surface area contributed by atoms with Crippen LogP contribution in [0.15, 0.2) is 30.3 Å². The molecule has 2 heterocycles. The third-order valence-corrected chi connectivity index (χ3v) is 6.45. The third kappa shape index (κ3) is 4.22. The summed E-state index contributed by atoms with van der Waals surface area (Å²) in [5.41, 5.74) is -3.36. The topological polar surface area (TPSA) is 36.4 Å². The SMILES string of the molecule is CN(C(=O)[C@@H]1[C@H]2CC[C@H](C2)N1c1cc(C(F)(F)F)cc(C(F)(F)F)n1)c1cccc(Cl)c1F. The van der Waals surface area contributed by atoms with Crippen molar-refractivity contribution in [2.45, 2.75) is 43.7 Å². The lowest BCUT2D eigenvalue weighted by Gasteiger charge is -2.37. The van der Waals surface area contributed by atoms with E-state index < -0.39 is 53.2 Å². The van der Waals surface area contributed by atoms with E-state index in [1.807, 2.05) is 0 Å². The summed E-state index contributed by atoms with van der Waals surface area (Å²) in [4.78, 5) is 19.0. The second kappa shape index (κ2) is 8.03. The maximum Gasteiger partial charge on any atom is 0.433 e. The number of hydrogen-bond donors (Lipinski definition) is 0. The van der Waals surface area contributed by atoms with Crippen LogP contribution in [0.25, 0.3) is 0 Å². The Bertz CT molecular complexity index is 1060. The van der Waals surface area contributed by atoms with Crippen molar-refractivity contribution in [1.29, 1.82) is 0 Å². The van der Waals surface area contributed by atoms with Gasteiger partial charge >= 0.3 is 12.4 Å². The summed E-state index contributed by atoms with van der Waals surface area (Å²) in [7, 11) is 1.28. The molecule has 2 aromatic rings. The first-order chi connectivity index (χ1) is 15.3. The van der Waals surface area contributed by atoms with E-state index >= 15 is 0 Å². The Balaban J connectivity index is 1.77. The van der Waals surface area contributed by atoms with Crippen LogP contribution in [0.1, 0.15) is 30.5 Å². The van der Waals surface area contributed by atoms with E-state index in [4.69, 9.17) is 11.6 Å². The zero-order valence-corrected chi connectivity index (χ0v) is 17.8. The highest BCUT2D eigenvalue weighted by Gasteiger charge is 2.51. The van der Waals surface area contributed by atoms with Crippen LogP contribution in [-0.4, -0.2) is 30.0 Å². The van der Waals surface area contributed by atoms with Crippen LogP contribution in [-0.2, 0) is 17.1 Å². The largest absolute Gasteiger partial charge is 0.433 e. The van der Waals surface area contributed by atoms with Crippen molar-refractivity contribution in [2.24, 2.45) is 5.92 Å². The smallest absolute Gasteiger partial charge is 0.341 e.